The summed E-state index contributed by atoms with van der Waals surface area (Å²) in [5, 5.41) is 3.74. The first kappa shape index (κ1) is 9.77. The number of benzene rings is 1. The fourth-order valence-electron chi connectivity index (χ4n) is 1.43. The van der Waals surface area contributed by atoms with Gasteiger partial charge in [-0.3, -0.25) is 0 Å². The molecule has 1 aromatic carbocycles. The number of rotatable bonds is 4. The predicted octanol–water partition coefficient (Wildman–Crippen LogP) is 2.66. The Morgan fingerprint density at radius 1 is 1.27 bits per heavy atom. The second-order valence-electron chi connectivity index (χ2n) is 3.23. The zero-order chi connectivity index (χ0) is 10.5. The van der Waals surface area contributed by atoms with Crippen molar-refractivity contribution in [2.24, 2.45) is 0 Å². The SMILES string of the molecule is CCOc1oncc1Cc1ccccc1. The molecular weight excluding hydrogens is 190 g/mol. The van der Waals surface area contributed by atoms with Crippen LogP contribution in [0.15, 0.2) is 41.1 Å². The number of ether oxygens (including phenoxy) is 1. The van der Waals surface area contributed by atoms with Crippen LogP contribution in [0.1, 0.15) is 18.1 Å². The highest BCUT2D eigenvalue weighted by molar-refractivity contribution is 5.28. The molecule has 0 bridgehead atoms. The lowest BCUT2D eigenvalue weighted by Gasteiger charge is -2.01. The summed E-state index contributed by atoms with van der Waals surface area (Å²) in [7, 11) is 0. The van der Waals surface area contributed by atoms with Crippen LogP contribution in [0.25, 0.3) is 0 Å². The van der Waals surface area contributed by atoms with Gasteiger partial charge in [-0.1, -0.05) is 35.5 Å². The Balaban J connectivity index is 2.14. The van der Waals surface area contributed by atoms with Crippen LogP contribution in [0.5, 0.6) is 5.95 Å². The summed E-state index contributed by atoms with van der Waals surface area (Å²) < 4.78 is 10.3. The third-order valence-electron chi connectivity index (χ3n) is 2.12. The Hall–Kier alpha value is -1.77. The van der Waals surface area contributed by atoms with Crippen LogP contribution in [0.3, 0.4) is 0 Å². The molecule has 0 amide bonds. The summed E-state index contributed by atoms with van der Waals surface area (Å²) >= 11 is 0. The molecule has 0 aliphatic heterocycles. The van der Waals surface area contributed by atoms with Gasteiger partial charge in [0.15, 0.2) is 0 Å². The van der Waals surface area contributed by atoms with E-state index < -0.39 is 0 Å². The Bertz CT molecular complexity index is 409. The molecule has 2 aromatic rings. The van der Waals surface area contributed by atoms with Crippen molar-refractivity contribution in [3.63, 3.8) is 0 Å². The molecule has 0 atom stereocenters. The molecule has 1 aromatic heterocycles. The maximum absolute atomic E-state index is 5.32. The van der Waals surface area contributed by atoms with Crippen molar-refractivity contribution >= 4 is 0 Å². The van der Waals surface area contributed by atoms with Gasteiger partial charge in [-0.05, 0) is 12.5 Å². The highest BCUT2D eigenvalue weighted by Gasteiger charge is 2.08. The fourth-order valence-corrected chi connectivity index (χ4v) is 1.43. The van der Waals surface area contributed by atoms with Crippen LogP contribution in [0, 0.1) is 0 Å². The number of hydrogen-bond acceptors (Lipinski definition) is 3. The number of aromatic nitrogens is 1. The van der Waals surface area contributed by atoms with Crippen LogP contribution in [0.2, 0.25) is 0 Å². The van der Waals surface area contributed by atoms with E-state index in [0.717, 1.165) is 12.0 Å². The maximum Gasteiger partial charge on any atom is 0.314 e. The molecule has 0 saturated heterocycles. The molecule has 0 unspecified atom stereocenters. The smallest absolute Gasteiger partial charge is 0.314 e. The number of hydrogen-bond donors (Lipinski definition) is 0. The van der Waals surface area contributed by atoms with Gasteiger partial charge in [0.2, 0.25) is 0 Å². The van der Waals surface area contributed by atoms with E-state index >= 15 is 0 Å². The molecule has 0 aliphatic rings. The van der Waals surface area contributed by atoms with Gasteiger partial charge in [-0.15, -0.1) is 0 Å². The highest BCUT2D eigenvalue weighted by atomic mass is 16.6. The van der Waals surface area contributed by atoms with Crippen LogP contribution in [0.4, 0.5) is 0 Å². The molecule has 1 heterocycles. The molecular formula is C12H13NO2. The average molecular weight is 203 g/mol. The van der Waals surface area contributed by atoms with Crippen molar-refractivity contribution < 1.29 is 9.26 Å². The van der Waals surface area contributed by atoms with E-state index in [4.69, 9.17) is 9.26 Å². The third-order valence-corrected chi connectivity index (χ3v) is 2.12. The summed E-state index contributed by atoms with van der Waals surface area (Å²) in [6.07, 6.45) is 2.50. The van der Waals surface area contributed by atoms with E-state index in [2.05, 4.69) is 17.3 Å². The summed E-state index contributed by atoms with van der Waals surface area (Å²) in [5.74, 6) is 0.529. The van der Waals surface area contributed by atoms with E-state index in [-0.39, 0.29) is 0 Å². The third kappa shape index (κ3) is 2.37. The minimum absolute atomic E-state index is 0.529. The van der Waals surface area contributed by atoms with Crippen LogP contribution < -0.4 is 4.74 Å². The van der Waals surface area contributed by atoms with Crippen LogP contribution >= 0.6 is 0 Å². The normalized spacial score (nSPS) is 10.2. The molecule has 3 nitrogen and oxygen atoms in total. The van der Waals surface area contributed by atoms with Crippen molar-refractivity contribution in [2.45, 2.75) is 13.3 Å². The van der Waals surface area contributed by atoms with Crippen molar-refractivity contribution in [1.29, 1.82) is 0 Å². The Morgan fingerprint density at radius 3 is 2.80 bits per heavy atom. The Kier molecular flexibility index (Phi) is 3.02. The first-order valence-corrected chi connectivity index (χ1v) is 5.00. The molecule has 0 spiro atoms. The summed E-state index contributed by atoms with van der Waals surface area (Å²) in [4.78, 5) is 0. The van der Waals surface area contributed by atoms with Gasteiger partial charge in [0, 0.05) is 6.42 Å². The van der Waals surface area contributed by atoms with Gasteiger partial charge in [-0.2, -0.15) is 0 Å². The molecule has 0 aliphatic carbocycles. The van der Waals surface area contributed by atoms with E-state index in [1.165, 1.54) is 5.56 Å². The second kappa shape index (κ2) is 4.64. The van der Waals surface area contributed by atoms with Crippen molar-refractivity contribution in [2.75, 3.05) is 6.61 Å². The average Bonchev–Trinajstić information content (AvgIpc) is 2.68. The van der Waals surface area contributed by atoms with Crippen LogP contribution in [-0.2, 0) is 6.42 Å². The first-order valence-electron chi connectivity index (χ1n) is 5.00. The van der Waals surface area contributed by atoms with E-state index in [1.807, 2.05) is 25.1 Å². The van der Waals surface area contributed by atoms with E-state index in [1.54, 1.807) is 6.20 Å². The van der Waals surface area contributed by atoms with Gasteiger partial charge < -0.3 is 9.26 Å². The standard InChI is InChI=1S/C12H13NO2/c1-2-14-12-11(9-13-15-12)8-10-6-4-3-5-7-10/h3-7,9H,2,8H2,1H3. The molecule has 15 heavy (non-hydrogen) atoms. The number of nitrogens with zero attached hydrogens (tertiary/aromatic N) is 1. The molecule has 3 heteroatoms. The van der Waals surface area contributed by atoms with Gasteiger partial charge in [0.25, 0.3) is 0 Å². The topological polar surface area (TPSA) is 35.3 Å². The minimum atomic E-state index is 0.529. The monoisotopic (exact) mass is 203 g/mol. The lowest BCUT2D eigenvalue weighted by molar-refractivity contribution is 0.223. The van der Waals surface area contributed by atoms with Crippen molar-refractivity contribution in [1.82, 2.24) is 5.16 Å². The summed E-state index contributed by atoms with van der Waals surface area (Å²) in [6, 6.07) is 10.2. The zero-order valence-corrected chi connectivity index (χ0v) is 8.64. The van der Waals surface area contributed by atoms with Gasteiger partial charge in [0.1, 0.15) is 0 Å². The van der Waals surface area contributed by atoms with E-state index in [0.29, 0.717) is 12.6 Å². The quantitative estimate of drug-likeness (QED) is 0.766. The highest BCUT2D eigenvalue weighted by Crippen LogP contribution is 2.20. The van der Waals surface area contributed by atoms with Crippen molar-refractivity contribution in [3.05, 3.63) is 47.7 Å². The van der Waals surface area contributed by atoms with Crippen molar-refractivity contribution in [3.8, 4) is 5.95 Å². The lowest BCUT2D eigenvalue weighted by atomic mass is 10.1. The molecule has 0 radical (unpaired) electrons. The zero-order valence-electron chi connectivity index (χ0n) is 8.64. The molecule has 0 N–H and O–H groups in total. The molecule has 0 fully saturated rings. The van der Waals surface area contributed by atoms with E-state index in [9.17, 15) is 0 Å². The molecule has 2 rings (SSSR count). The fraction of sp³-hybridized carbons (Fsp3) is 0.250. The van der Waals surface area contributed by atoms with Gasteiger partial charge in [-0.25, -0.2) is 0 Å². The first-order chi connectivity index (χ1) is 7.40. The van der Waals surface area contributed by atoms with Gasteiger partial charge >= 0.3 is 5.95 Å². The maximum atomic E-state index is 5.32. The van der Waals surface area contributed by atoms with Gasteiger partial charge in [0.05, 0.1) is 18.4 Å². The lowest BCUT2D eigenvalue weighted by Crippen LogP contribution is -1.94. The van der Waals surface area contributed by atoms with Crippen LogP contribution in [-0.4, -0.2) is 11.8 Å². The molecule has 78 valence electrons. The summed E-state index contributed by atoms with van der Waals surface area (Å²) in [6.45, 7) is 2.52. The Morgan fingerprint density at radius 2 is 2.07 bits per heavy atom. The predicted molar refractivity (Wildman–Crippen MR) is 56.9 cm³/mol. The second-order valence-corrected chi connectivity index (χ2v) is 3.23. The Labute approximate surface area is 88.7 Å². The largest absolute Gasteiger partial charge is 0.464 e. The minimum Gasteiger partial charge on any atom is -0.464 e. The molecule has 0 saturated carbocycles. The summed E-state index contributed by atoms with van der Waals surface area (Å²) in [5.41, 5.74) is 2.21.